The van der Waals surface area contributed by atoms with E-state index in [1.54, 1.807) is 12.1 Å². The Hall–Kier alpha value is -2.09. The van der Waals surface area contributed by atoms with Gasteiger partial charge >= 0.3 is 29.6 Å². The van der Waals surface area contributed by atoms with Gasteiger partial charge in [-0.25, -0.2) is 4.98 Å². The third kappa shape index (κ3) is 10.9. The number of halogens is 1. The quantitative estimate of drug-likeness (QED) is 0.280. The van der Waals surface area contributed by atoms with Gasteiger partial charge < -0.3 is 16.0 Å². The number of likely N-dealkylation sites (N-methyl/N-ethyl adjacent to an activating group) is 1. The minimum absolute atomic E-state index is 0. The molecule has 2 aliphatic rings. The van der Waals surface area contributed by atoms with Crippen molar-refractivity contribution in [2.45, 2.75) is 44.8 Å². The van der Waals surface area contributed by atoms with E-state index < -0.39 is 5.95 Å². The molecule has 7 heteroatoms. The first-order valence-electron chi connectivity index (χ1n) is 11.2. The normalized spacial score (nSPS) is 16.2. The van der Waals surface area contributed by atoms with E-state index in [1.165, 1.54) is 36.9 Å². The number of allylic oxidation sites excluding steroid dienone is 2. The molecular weight excluding hydrogens is 436 g/mol. The van der Waals surface area contributed by atoms with Crippen LogP contribution in [0.1, 0.15) is 36.8 Å². The summed E-state index contributed by atoms with van der Waals surface area (Å²) in [7, 11) is 2.17. The van der Waals surface area contributed by atoms with Crippen LogP contribution in [0.25, 0.3) is 0 Å². The molecule has 3 heterocycles. The van der Waals surface area contributed by atoms with E-state index in [0.29, 0.717) is 11.6 Å². The van der Waals surface area contributed by atoms with Crippen molar-refractivity contribution >= 4 is 5.71 Å². The number of hydrogen-bond acceptors (Lipinski definition) is 5. The predicted octanol–water partition coefficient (Wildman–Crippen LogP) is 1.79. The van der Waals surface area contributed by atoms with Gasteiger partial charge in [-0.2, -0.15) is 16.7 Å². The van der Waals surface area contributed by atoms with Crippen molar-refractivity contribution in [3.8, 4) is 0 Å². The van der Waals surface area contributed by atoms with E-state index in [1.807, 2.05) is 18.2 Å². The molecule has 34 heavy (non-hydrogen) atoms. The third-order valence-electron chi connectivity index (χ3n) is 5.37. The molecule has 0 radical (unpaired) electrons. The number of nitrogens with one attached hydrogen (secondary N) is 1. The molecule has 0 aliphatic carbocycles. The van der Waals surface area contributed by atoms with Crippen LogP contribution in [0.5, 0.6) is 0 Å². The molecule has 5 nitrogen and oxygen atoms in total. The molecule has 1 aromatic carbocycles. The summed E-state index contributed by atoms with van der Waals surface area (Å²) in [6.07, 6.45) is 12.3. The summed E-state index contributed by atoms with van der Waals surface area (Å²) < 4.78 is 12.4. The number of likely N-dealkylation sites (tertiary alicyclic amines) is 1. The second-order valence-corrected chi connectivity index (χ2v) is 7.87. The Morgan fingerprint density at radius 3 is 2.59 bits per heavy atom. The fourth-order valence-electron chi connectivity index (χ4n) is 3.49. The first kappa shape index (κ1) is 29.9. The zero-order valence-corrected chi connectivity index (χ0v) is 22.5. The fraction of sp³-hybridized carbons (Fsp3) is 0.333. The topological polar surface area (TPSA) is 66.5 Å². The van der Waals surface area contributed by atoms with Crippen LogP contribution >= 0.6 is 0 Å². The maximum atomic E-state index is 12.4. The smallest absolute Gasteiger partial charge is 0.460 e. The molecule has 0 spiro atoms. The van der Waals surface area contributed by atoms with E-state index >= 15 is 0 Å². The van der Waals surface area contributed by atoms with E-state index in [4.69, 9.17) is 5.73 Å². The van der Waals surface area contributed by atoms with Gasteiger partial charge in [-0.05, 0) is 38.1 Å². The number of aromatic nitrogens is 1. The van der Waals surface area contributed by atoms with Gasteiger partial charge in [0.15, 0.2) is 0 Å². The van der Waals surface area contributed by atoms with E-state index in [-0.39, 0.29) is 36.1 Å². The van der Waals surface area contributed by atoms with Crippen molar-refractivity contribution in [3.63, 3.8) is 0 Å². The zero-order chi connectivity index (χ0) is 23.9. The fourth-order valence-corrected chi connectivity index (χ4v) is 3.49. The summed E-state index contributed by atoms with van der Waals surface area (Å²) in [4.78, 5) is 9.74. The Labute approximate surface area is 226 Å². The zero-order valence-electron chi connectivity index (χ0n) is 20.5. The number of pyridine rings is 1. The summed E-state index contributed by atoms with van der Waals surface area (Å²) in [5.74, 6) is -0.472. The Balaban J connectivity index is 0.000000274. The van der Waals surface area contributed by atoms with Crippen molar-refractivity contribution in [1.29, 1.82) is 0 Å². The Morgan fingerprint density at radius 2 is 2.06 bits per heavy atom. The second-order valence-electron chi connectivity index (χ2n) is 7.87. The molecule has 4 rings (SSSR count). The molecule has 1 unspecified atom stereocenters. The number of benzene rings is 1. The van der Waals surface area contributed by atoms with Crippen LogP contribution < -0.4 is 40.6 Å². The first-order valence-corrected chi connectivity index (χ1v) is 11.2. The average molecular weight is 472 g/mol. The van der Waals surface area contributed by atoms with E-state index in [9.17, 15) is 4.39 Å². The van der Waals surface area contributed by atoms with Crippen LogP contribution in [-0.4, -0.2) is 35.2 Å². The van der Waals surface area contributed by atoms with Crippen LogP contribution in [0.4, 0.5) is 4.39 Å². The maximum absolute atomic E-state index is 12.4. The minimum Gasteiger partial charge on any atom is -0.460 e. The second kappa shape index (κ2) is 17.4. The molecule has 0 saturated carbocycles. The number of nitrogens with zero attached hydrogens (tertiary/aromatic N) is 3. The number of hydrogen-bond donors (Lipinski definition) is 2. The van der Waals surface area contributed by atoms with Crippen LogP contribution in [0.3, 0.4) is 0 Å². The van der Waals surface area contributed by atoms with Crippen LogP contribution in [0.2, 0.25) is 0 Å². The molecule has 0 amide bonds. The standard InChI is InChI=1S/C14H20N2.C7H8N.C6H7FN2.Na/c1-12(14-9-6-10-16(14)2)15-11-13-7-4-3-5-8-13;1-2-4-7-5-3-6-8-7;7-6-5(4-8)2-1-3-9-6;/h3-5,7-8,14-15H,1,6,9-11H2,2H3;2-3H,1,4-5H2;1-3H,4,8H2;/q;-1;;+1. The molecule has 1 fully saturated rings. The summed E-state index contributed by atoms with van der Waals surface area (Å²) in [5, 5.41) is 3.44. The van der Waals surface area contributed by atoms with Gasteiger partial charge in [0.2, 0.25) is 5.95 Å². The summed E-state index contributed by atoms with van der Waals surface area (Å²) in [6.45, 7) is 10.0. The third-order valence-corrected chi connectivity index (χ3v) is 5.37. The van der Waals surface area contributed by atoms with Crippen LogP contribution in [0.15, 0.2) is 84.7 Å². The molecule has 1 atom stereocenters. The van der Waals surface area contributed by atoms with Crippen molar-refractivity contribution in [1.82, 2.24) is 15.2 Å². The van der Waals surface area contributed by atoms with Crippen molar-refractivity contribution in [2.24, 2.45) is 10.7 Å². The first-order chi connectivity index (χ1) is 16.0. The molecule has 2 aromatic rings. The maximum Gasteiger partial charge on any atom is 1.00 e. The molecule has 3 N–H and O–H groups in total. The van der Waals surface area contributed by atoms with Gasteiger partial charge in [-0.3, -0.25) is 4.90 Å². The van der Waals surface area contributed by atoms with Gasteiger partial charge in [0, 0.05) is 36.6 Å². The number of nitrogens with two attached hydrogens (primary N) is 1. The van der Waals surface area contributed by atoms with Gasteiger partial charge in [0.05, 0.1) is 0 Å². The summed E-state index contributed by atoms with van der Waals surface area (Å²) >= 11 is 0. The average Bonchev–Trinajstić information content (AvgIpc) is 3.51. The van der Waals surface area contributed by atoms with Gasteiger partial charge in [-0.15, -0.1) is 18.4 Å². The molecule has 2 aliphatic heterocycles. The van der Waals surface area contributed by atoms with Crippen LogP contribution in [-0.2, 0) is 13.1 Å². The Morgan fingerprint density at radius 1 is 1.29 bits per heavy atom. The Bertz CT molecular complexity index is 930. The molecule has 1 aromatic heterocycles. The van der Waals surface area contributed by atoms with Gasteiger partial charge in [0.25, 0.3) is 0 Å². The van der Waals surface area contributed by atoms with Crippen molar-refractivity contribution < 1.29 is 33.9 Å². The minimum atomic E-state index is -0.472. The van der Waals surface area contributed by atoms with Gasteiger partial charge in [-0.1, -0.05) is 55.8 Å². The van der Waals surface area contributed by atoms with E-state index in [2.05, 4.69) is 70.9 Å². The number of rotatable bonds is 7. The molecule has 0 bridgehead atoms. The predicted molar refractivity (Wildman–Crippen MR) is 135 cm³/mol. The van der Waals surface area contributed by atoms with Crippen LogP contribution in [0, 0.1) is 12.1 Å². The van der Waals surface area contributed by atoms with Gasteiger partial charge in [0.1, 0.15) is 0 Å². The van der Waals surface area contributed by atoms with E-state index in [0.717, 1.165) is 25.1 Å². The summed E-state index contributed by atoms with van der Waals surface area (Å²) in [6, 6.07) is 14.3. The monoisotopic (exact) mass is 471 g/mol. The Kier molecular flexibility index (Phi) is 15.3. The van der Waals surface area contributed by atoms with Crippen molar-refractivity contribution in [3.05, 3.63) is 103 Å². The van der Waals surface area contributed by atoms with Crippen molar-refractivity contribution in [2.75, 3.05) is 13.6 Å². The number of aliphatic imine (C=N–C) groups is 1. The molecule has 176 valence electrons. The summed E-state index contributed by atoms with van der Waals surface area (Å²) in [5.41, 5.74) is 9.26. The largest absolute Gasteiger partial charge is 1.00 e. The SMILES string of the molecule is C=C(NCc1ccccc1)C1CCCN1C.C=CCC1=N[C-]=CC1.NCc1cccnc1F.[Na+]. The molecular formula is C27H35FN5Na. The molecule has 1 saturated heterocycles.